The molecule has 5 nitrogen and oxygen atoms in total. The Labute approximate surface area is 142 Å². The molecular weight excluding hydrogens is 306 g/mol. The molecule has 0 aliphatic carbocycles. The Morgan fingerprint density at radius 2 is 2.00 bits per heavy atom. The lowest BCUT2D eigenvalue weighted by Crippen LogP contribution is -2.43. The molecule has 0 radical (unpaired) electrons. The first-order valence-electron chi connectivity index (χ1n) is 7.63. The van der Waals surface area contributed by atoms with Crippen molar-refractivity contribution in [2.45, 2.75) is 25.1 Å². The predicted molar refractivity (Wildman–Crippen MR) is 99.8 cm³/mol. The van der Waals surface area contributed by atoms with Gasteiger partial charge in [-0.2, -0.15) is 11.8 Å². The lowest BCUT2D eigenvalue weighted by molar-refractivity contribution is 0.662. The van der Waals surface area contributed by atoms with Crippen molar-refractivity contribution in [3.8, 4) is 11.3 Å². The maximum atomic E-state index is 4.42. The molecule has 0 spiro atoms. The number of aromatic amines is 1. The minimum Gasteiger partial charge on any atom is -0.355 e. The highest BCUT2D eigenvalue weighted by Crippen LogP contribution is 2.19. The van der Waals surface area contributed by atoms with Crippen LogP contribution in [0.25, 0.3) is 11.3 Å². The molecule has 124 valence electrons. The van der Waals surface area contributed by atoms with Gasteiger partial charge in [-0.3, -0.25) is 4.99 Å². The Kier molecular flexibility index (Phi) is 6.10. The molecule has 6 heteroatoms. The zero-order valence-electron chi connectivity index (χ0n) is 14.2. The second-order valence-electron chi connectivity index (χ2n) is 5.85. The molecule has 0 saturated carbocycles. The number of rotatable bonds is 6. The van der Waals surface area contributed by atoms with Crippen LogP contribution in [0, 0.1) is 0 Å². The summed E-state index contributed by atoms with van der Waals surface area (Å²) in [5.41, 5.74) is 2.16. The molecule has 1 heterocycles. The van der Waals surface area contributed by atoms with Crippen molar-refractivity contribution in [2.24, 2.45) is 4.99 Å². The Morgan fingerprint density at radius 1 is 1.26 bits per heavy atom. The summed E-state index contributed by atoms with van der Waals surface area (Å²) in [4.78, 5) is 12.0. The van der Waals surface area contributed by atoms with Crippen molar-refractivity contribution >= 4 is 17.7 Å². The highest BCUT2D eigenvalue weighted by molar-refractivity contribution is 7.99. The normalized spacial score (nSPS) is 12.3. The van der Waals surface area contributed by atoms with Gasteiger partial charge < -0.3 is 15.6 Å². The summed E-state index contributed by atoms with van der Waals surface area (Å²) in [6.45, 7) is 5.86. The number of imidazole rings is 1. The number of thioether (sulfide) groups is 1. The summed E-state index contributed by atoms with van der Waals surface area (Å²) in [6.07, 6.45) is 3.98. The molecule has 0 fully saturated rings. The number of benzene rings is 1. The average Bonchev–Trinajstić information content (AvgIpc) is 3.05. The van der Waals surface area contributed by atoms with Crippen molar-refractivity contribution in [3.05, 3.63) is 42.4 Å². The van der Waals surface area contributed by atoms with Crippen LogP contribution in [-0.2, 0) is 6.54 Å². The van der Waals surface area contributed by atoms with Crippen molar-refractivity contribution in [1.82, 2.24) is 20.6 Å². The van der Waals surface area contributed by atoms with Crippen LogP contribution in [0.2, 0.25) is 0 Å². The van der Waals surface area contributed by atoms with Crippen molar-refractivity contribution in [3.63, 3.8) is 0 Å². The van der Waals surface area contributed by atoms with Crippen molar-refractivity contribution < 1.29 is 0 Å². The van der Waals surface area contributed by atoms with Gasteiger partial charge in [0.15, 0.2) is 5.96 Å². The Bertz CT molecular complexity index is 633. The van der Waals surface area contributed by atoms with E-state index in [1.54, 1.807) is 7.05 Å². The number of nitrogens with zero attached hydrogens (tertiary/aromatic N) is 2. The zero-order valence-corrected chi connectivity index (χ0v) is 15.0. The number of nitrogens with one attached hydrogen (secondary N) is 3. The van der Waals surface area contributed by atoms with Crippen LogP contribution in [-0.4, -0.2) is 40.5 Å². The summed E-state index contributed by atoms with van der Waals surface area (Å²) >= 11 is 1.83. The fraction of sp³-hybridized carbons (Fsp3) is 0.412. The number of guanidine groups is 1. The van der Waals surface area contributed by atoms with Crippen molar-refractivity contribution in [2.75, 3.05) is 19.8 Å². The van der Waals surface area contributed by atoms with E-state index in [0.29, 0.717) is 6.54 Å². The van der Waals surface area contributed by atoms with Crippen LogP contribution >= 0.6 is 11.8 Å². The van der Waals surface area contributed by atoms with Gasteiger partial charge in [-0.25, -0.2) is 4.98 Å². The van der Waals surface area contributed by atoms with Crippen LogP contribution in [0.1, 0.15) is 19.7 Å². The molecule has 0 saturated heterocycles. The minimum absolute atomic E-state index is 0.169. The lowest BCUT2D eigenvalue weighted by atomic mass is 10.2. The van der Waals surface area contributed by atoms with Crippen LogP contribution in [0.3, 0.4) is 0 Å². The minimum atomic E-state index is 0.169. The standard InChI is InChI=1S/C17H25N5S/c1-17(2,23-4)12-21-16(18-3)20-11-15-19-10-14(22-15)13-8-6-5-7-9-13/h5-10H,11-12H2,1-4H3,(H,19,22)(H2,18,20,21). The fourth-order valence-corrected chi connectivity index (χ4v) is 2.19. The van der Waals surface area contributed by atoms with Gasteiger partial charge in [0.2, 0.25) is 0 Å². The molecule has 1 aromatic carbocycles. The van der Waals surface area contributed by atoms with Crippen LogP contribution < -0.4 is 10.6 Å². The van der Waals surface area contributed by atoms with Gasteiger partial charge in [-0.1, -0.05) is 30.3 Å². The Hall–Kier alpha value is -1.95. The average molecular weight is 331 g/mol. The van der Waals surface area contributed by atoms with E-state index in [0.717, 1.165) is 29.6 Å². The molecule has 2 aromatic rings. The van der Waals surface area contributed by atoms with Gasteiger partial charge in [0.25, 0.3) is 0 Å². The molecule has 23 heavy (non-hydrogen) atoms. The quantitative estimate of drug-likeness (QED) is 0.562. The number of H-pyrrole nitrogens is 1. The van der Waals surface area contributed by atoms with E-state index in [1.807, 2.05) is 36.2 Å². The predicted octanol–water partition coefficient (Wildman–Crippen LogP) is 2.88. The Balaban J connectivity index is 1.89. The molecule has 0 aliphatic rings. The van der Waals surface area contributed by atoms with Crippen LogP contribution in [0.15, 0.2) is 41.5 Å². The first-order chi connectivity index (χ1) is 11.0. The van der Waals surface area contributed by atoms with Gasteiger partial charge in [0.05, 0.1) is 18.4 Å². The van der Waals surface area contributed by atoms with Crippen LogP contribution in [0.5, 0.6) is 0 Å². The summed E-state index contributed by atoms with van der Waals surface area (Å²) < 4.78 is 0.169. The van der Waals surface area contributed by atoms with E-state index in [2.05, 4.69) is 57.8 Å². The van der Waals surface area contributed by atoms with E-state index in [-0.39, 0.29) is 4.75 Å². The molecule has 0 amide bonds. The first kappa shape index (κ1) is 17.4. The van der Waals surface area contributed by atoms with E-state index >= 15 is 0 Å². The largest absolute Gasteiger partial charge is 0.355 e. The first-order valence-corrected chi connectivity index (χ1v) is 8.85. The lowest BCUT2D eigenvalue weighted by Gasteiger charge is -2.23. The fourth-order valence-electron chi connectivity index (χ4n) is 1.97. The highest BCUT2D eigenvalue weighted by Gasteiger charge is 2.16. The third-order valence-corrected chi connectivity index (χ3v) is 4.84. The van der Waals surface area contributed by atoms with E-state index in [9.17, 15) is 0 Å². The molecule has 0 unspecified atom stereocenters. The second kappa shape index (κ2) is 8.06. The third kappa shape index (κ3) is 5.32. The van der Waals surface area contributed by atoms with Gasteiger partial charge in [0.1, 0.15) is 5.82 Å². The molecule has 1 aromatic heterocycles. The van der Waals surface area contributed by atoms with E-state index in [1.165, 1.54) is 0 Å². The monoisotopic (exact) mass is 331 g/mol. The highest BCUT2D eigenvalue weighted by atomic mass is 32.2. The van der Waals surface area contributed by atoms with Crippen LogP contribution in [0.4, 0.5) is 0 Å². The third-order valence-electron chi connectivity index (χ3n) is 3.59. The SMILES string of the molecule is CN=C(NCc1ncc(-c2ccccc2)[nH]1)NCC(C)(C)SC. The summed E-state index contributed by atoms with van der Waals surface area (Å²) in [7, 11) is 1.78. The number of hydrogen-bond acceptors (Lipinski definition) is 3. The maximum absolute atomic E-state index is 4.42. The molecule has 0 bridgehead atoms. The zero-order chi connectivity index (χ0) is 16.7. The molecule has 0 aliphatic heterocycles. The topological polar surface area (TPSA) is 65.1 Å². The van der Waals surface area contributed by atoms with E-state index < -0.39 is 0 Å². The Morgan fingerprint density at radius 3 is 2.65 bits per heavy atom. The maximum Gasteiger partial charge on any atom is 0.191 e. The van der Waals surface area contributed by atoms with E-state index in [4.69, 9.17) is 0 Å². The van der Waals surface area contributed by atoms with Gasteiger partial charge in [-0.05, 0) is 25.7 Å². The summed E-state index contributed by atoms with van der Waals surface area (Å²) in [5.74, 6) is 1.67. The number of aliphatic imine (C=N–C) groups is 1. The van der Waals surface area contributed by atoms with Gasteiger partial charge >= 0.3 is 0 Å². The molecular formula is C17H25N5S. The van der Waals surface area contributed by atoms with Crippen molar-refractivity contribution in [1.29, 1.82) is 0 Å². The summed E-state index contributed by atoms with van der Waals surface area (Å²) in [6, 6.07) is 10.2. The van der Waals surface area contributed by atoms with Gasteiger partial charge in [0, 0.05) is 18.3 Å². The second-order valence-corrected chi connectivity index (χ2v) is 7.37. The molecule has 0 atom stereocenters. The van der Waals surface area contributed by atoms with Gasteiger partial charge in [-0.15, -0.1) is 0 Å². The number of aromatic nitrogens is 2. The smallest absolute Gasteiger partial charge is 0.191 e. The summed E-state index contributed by atoms with van der Waals surface area (Å²) in [5, 5.41) is 6.63. The number of hydrogen-bond donors (Lipinski definition) is 3. The molecule has 2 rings (SSSR count). The molecule has 3 N–H and O–H groups in total.